The number of nitrogens with zero attached hydrogens (tertiary/aromatic N) is 2. The maximum Gasteiger partial charge on any atom is 0.129 e. The summed E-state index contributed by atoms with van der Waals surface area (Å²) in [4.78, 5) is 6.58. The van der Waals surface area contributed by atoms with Gasteiger partial charge in [-0.2, -0.15) is 0 Å². The lowest BCUT2D eigenvalue weighted by Gasteiger charge is -2.53. The fraction of sp³-hybridized carbons (Fsp3) is 0.450. The second-order valence-electron chi connectivity index (χ2n) is 7.20. The number of fused-ring (bicyclic) bond motifs is 2. The Morgan fingerprint density at radius 3 is 2.50 bits per heavy atom. The summed E-state index contributed by atoms with van der Waals surface area (Å²) in [5.74, 6) is 0.513. The largest absolute Gasteiger partial charge is 0.384 e. The molecule has 1 aromatic carbocycles. The Labute approximate surface area is 148 Å². The van der Waals surface area contributed by atoms with Crippen LogP contribution in [0, 0.1) is 11.8 Å². The fourth-order valence-corrected chi connectivity index (χ4v) is 4.81. The number of rotatable bonds is 3. The minimum Gasteiger partial charge on any atom is -0.384 e. The first-order chi connectivity index (χ1) is 11.7. The van der Waals surface area contributed by atoms with Gasteiger partial charge in [-0.1, -0.05) is 48.4 Å². The van der Waals surface area contributed by atoms with Gasteiger partial charge in [-0.3, -0.25) is 4.90 Å². The molecular formula is C20H23ClN2O. The smallest absolute Gasteiger partial charge is 0.129 e. The zero-order valence-corrected chi connectivity index (χ0v) is 14.5. The van der Waals surface area contributed by atoms with Crippen LogP contribution in [0.1, 0.15) is 30.4 Å². The van der Waals surface area contributed by atoms with E-state index in [9.17, 15) is 5.11 Å². The first-order valence-electron chi connectivity index (χ1n) is 8.77. The van der Waals surface area contributed by atoms with Crippen molar-refractivity contribution in [3.8, 4) is 0 Å². The molecule has 0 radical (unpaired) electrons. The number of hydrogen-bond donors (Lipinski definition) is 1. The van der Waals surface area contributed by atoms with E-state index in [2.05, 4.69) is 40.2 Å². The van der Waals surface area contributed by atoms with Crippen molar-refractivity contribution >= 4 is 11.6 Å². The zero-order chi connectivity index (χ0) is 16.6. The molecule has 0 spiro atoms. The van der Waals surface area contributed by atoms with Crippen LogP contribution in [0.25, 0.3) is 0 Å². The molecule has 1 aromatic heterocycles. The first kappa shape index (κ1) is 16.1. The highest BCUT2D eigenvalue weighted by molar-refractivity contribution is 6.29. The van der Waals surface area contributed by atoms with E-state index in [1.54, 1.807) is 6.20 Å². The maximum atomic E-state index is 11.6. The lowest BCUT2D eigenvalue weighted by atomic mass is 9.62. The monoisotopic (exact) mass is 342 g/mol. The minimum absolute atomic E-state index is 0.257. The molecule has 2 unspecified atom stereocenters. The molecule has 2 aliphatic rings. The van der Waals surface area contributed by atoms with Crippen LogP contribution in [0.5, 0.6) is 0 Å². The number of pyridine rings is 1. The van der Waals surface area contributed by atoms with Gasteiger partial charge in [-0.05, 0) is 36.1 Å². The fourth-order valence-electron chi connectivity index (χ4n) is 4.64. The highest BCUT2D eigenvalue weighted by Crippen LogP contribution is 2.49. The number of halogens is 1. The Morgan fingerprint density at radius 1 is 1.12 bits per heavy atom. The van der Waals surface area contributed by atoms with Crippen molar-refractivity contribution in [2.24, 2.45) is 11.8 Å². The van der Waals surface area contributed by atoms with Gasteiger partial charge in [0.15, 0.2) is 0 Å². The van der Waals surface area contributed by atoms with Crippen LogP contribution in [0.4, 0.5) is 0 Å². The maximum absolute atomic E-state index is 11.6. The lowest BCUT2D eigenvalue weighted by Crippen LogP contribution is -2.57. The van der Waals surface area contributed by atoms with Crippen molar-refractivity contribution in [3.63, 3.8) is 0 Å². The van der Waals surface area contributed by atoms with E-state index < -0.39 is 5.60 Å². The molecule has 1 saturated heterocycles. The van der Waals surface area contributed by atoms with Gasteiger partial charge in [-0.25, -0.2) is 4.98 Å². The number of piperidine rings is 1. The van der Waals surface area contributed by atoms with Gasteiger partial charge in [0, 0.05) is 37.7 Å². The summed E-state index contributed by atoms with van der Waals surface area (Å²) < 4.78 is 0. The molecule has 4 heteroatoms. The van der Waals surface area contributed by atoms with Crippen LogP contribution in [0.3, 0.4) is 0 Å². The summed E-state index contributed by atoms with van der Waals surface area (Å²) in [5, 5.41) is 12.1. The van der Waals surface area contributed by atoms with E-state index in [1.807, 2.05) is 12.1 Å². The standard InChI is InChI=1S/C20H23ClN2O/c21-19-11-16(9-10-22-19)20(24)17-7-4-8-18(20)14-23(13-17)12-15-5-2-1-3-6-15/h1-3,5-6,9-11,17-18,24H,4,7-8,12-14H2. The summed E-state index contributed by atoms with van der Waals surface area (Å²) >= 11 is 6.09. The Bertz CT molecular complexity index is 692. The molecule has 2 atom stereocenters. The molecule has 2 bridgehead atoms. The third-order valence-electron chi connectivity index (χ3n) is 5.75. The molecule has 2 aromatic rings. The van der Waals surface area contributed by atoms with Gasteiger partial charge in [0.2, 0.25) is 0 Å². The van der Waals surface area contributed by atoms with Gasteiger partial charge in [0.25, 0.3) is 0 Å². The van der Waals surface area contributed by atoms with Crippen LogP contribution in [-0.4, -0.2) is 28.1 Å². The van der Waals surface area contributed by atoms with Crippen LogP contribution in [0.15, 0.2) is 48.7 Å². The molecule has 1 aliphatic carbocycles. The summed E-state index contributed by atoms with van der Waals surface area (Å²) in [6.07, 6.45) is 5.05. The third-order valence-corrected chi connectivity index (χ3v) is 5.95. The second kappa shape index (κ2) is 6.47. The first-order valence-corrected chi connectivity index (χ1v) is 9.14. The SMILES string of the molecule is OC1(c2ccnc(Cl)c2)C2CCCC1CN(Cc1ccccc1)C2. The van der Waals surface area contributed by atoms with Crippen molar-refractivity contribution < 1.29 is 5.11 Å². The van der Waals surface area contributed by atoms with Crippen LogP contribution >= 0.6 is 11.6 Å². The zero-order valence-electron chi connectivity index (χ0n) is 13.7. The Kier molecular flexibility index (Phi) is 4.33. The number of aromatic nitrogens is 1. The van der Waals surface area contributed by atoms with Gasteiger partial charge in [-0.15, -0.1) is 0 Å². The summed E-state index contributed by atoms with van der Waals surface area (Å²) in [5.41, 5.74) is 1.52. The average Bonchev–Trinajstić information content (AvgIpc) is 2.57. The molecular weight excluding hydrogens is 320 g/mol. The number of hydrogen-bond acceptors (Lipinski definition) is 3. The Balaban J connectivity index is 1.59. The molecule has 2 heterocycles. The molecule has 1 N–H and O–H groups in total. The highest BCUT2D eigenvalue weighted by atomic mass is 35.5. The Hall–Kier alpha value is -1.42. The molecule has 4 rings (SSSR count). The second-order valence-corrected chi connectivity index (χ2v) is 7.58. The van der Waals surface area contributed by atoms with E-state index in [0.29, 0.717) is 5.15 Å². The summed E-state index contributed by atoms with van der Waals surface area (Å²) in [6.45, 7) is 2.82. The average molecular weight is 343 g/mol. The molecule has 2 fully saturated rings. The molecule has 0 amide bonds. The number of likely N-dealkylation sites (tertiary alicyclic amines) is 1. The van der Waals surface area contributed by atoms with Gasteiger partial charge >= 0.3 is 0 Å². The Morgan fingerprint density at radius 2 is 1.83 bits per heavy atom. The summed E-state index contributed by atoms with van der Waals surface area (Å²) in [6, 6.07) is 14.4. The van der Waals surface area contributed by atoms with Crippen molar-refractivity contribution in [2.75, 3.05) is 13.1 Å². The van der Waals surface area contributed by atoms with E-state index >= 15 is 0 Å². The van der Waals surface area contributed by atoms with E-state index in [1.165, 1.54) is 12.0 Å². The predicted molar refractivity (Wildman–Crippen MR) is 95.7 cm³/mol. The van der Waals surface area contributed by atoms with Crippen molar-refractivity contribution in [1.82, 2.24) is 9.88 Å². The molecule has 24 heavy (non-hydrogen) atoms. The highest BCUT2D eigenvalue weighted by Gasteiger charge is 2.51. The number of aliphatic hydroxyl groups is 1. The van der Waals surface area contributed by atoms with Crippen LogP contribution < -0.4 is 0 Å². The van der Waals surface area contributed by atoms with Crippen molar-refractivity contribution in [3.05, 3.63) is 64.9 Å². The molecule has 1 aliphatic heterocycles. The molecule has 3 nitrogen and oxygen atoms in total. The normalized spacial score (nSPS) is 30.2. The van der Waals surface area contributed by atoms with Gasteiger partial charge in [0.1, 0.15) is 5.15 Å². The minimum atomic E-state index is -0.766. The third kappa shape index (κ3) is 2.85. The lowest BCUT2D eigenvalue weighted by molar-refractivity contribution is -0.148. The predicted octanol–water partition coefficient (Wildman–Crippen LogP) is 3.85. The van der Waals surface area contributed by atoms with E-state index in [4.69, 9.17) is 11.6 Å². The van der Waals surface area contributed by atoms with Crippen LogP contribution in [-0.2, 0) is 12.1 Å². The molecule has 126 valence electrons. The quantitative estimate of drug-likeness (QED) is 0.861. The summed E-state index contributed by atoms with van der Waals surface area (Å²) in [7, 11) is 0. The van der Waals surface area contributed by atoms with Crippen molar-refractivity contribution in [1.29, 1.82) is 0 Å². The topological polar surface area (TPSA) is 36.4 Å². The van der Waals surface area contributed by atoms with Crippen molar-refractivity contribution in [2.45, 2.75) is 31.4 Å². The van der Waals surface area contributed by atoms with E-state index in [0.717, 1.165) is 38.0 Å². The van der Waals surface area contributed by atoms with Gasteiger partial charge < -0.3 is 5.11 Å². The molecule has 1 saturated carbocycles. The van der Waals surface area contributed by atoms with Gasteiger partial charge in [0.05, 0.1) is 5.60 Å². The van der Waals surface area contributed by atoms with E-state index in [-0.39, 0.29) is 11.8 Å². The number of benzene rings is 1. The van der Waals surface area contributed by atoms with Crippen LogP contribution in [0.2, 0.25) is 5.15 Å².